The highest BCUT2D eigenvalue weighted by Gasteiger charge is 2.23. The monoisotopic (exact) mass is 499 g/mol. The van der Waals surface area contributed by atoms with Crippen LogP contribution in [0.15, 0.2) is 35.5 Å². The lowest BCUT2D eigenvalue weighted by atomic mass is 10.1. The van der Waals surface area contributed by atoms with E-state index in [2.05, 4.69) is 57.9 Å². The Balaban J connectivity index is 0.00000280. The Bertz CT molecular complexity index is 732. The van der Waals surface area contributed by atoms with Crippen LogP contribution in [0.4, 0.5) is 0 Å². The molecule has 1 aliphatic heterocycles. The fourth-order valence-electron chi connectivity index (χ4n) is 3.80. The minimum atomic E-state index is 0. The van der Waals surface area contributed by atoms with Crippen molar-refractivity contribution in [1.82, 2.24) is 20.5 Å². The number of H-pyrrole nitrogens is 1. The summed E-state index contributed by atoms with van der Waals surface area (Å²) in [4.78, 5) is 10.7. The Morgan fingerprint density at radius 2 is 2.18 bits per heavy atom. The molecular formula is C21H34IN5O. The van der Waals surface area contributed by atoms with Gasteiger partial charge in [-0.1, -0.05) is 18.2 Å². The second-order valence-corrected chi connectivity index (χ2v) is 7.08. The molecule has 1 fully saturated rings. The van der Waals surface area contributed by atoms with Gasteiger partial charge < -0.3 is 20.4 Å². The maximum absolute atomic E-state index is 5.23. The van der Waals surface area contributed by atoms with E-state index in [1.54, 1.807) is 7.11 Å². The van der Waals surface area contributed by atoms with Gasteiger partial charge in [0.25, 0.3) is 0 Å². The van der Waals surface area contributed by atoms with Gasteiger partial charge in [-0.3, -0.25) is 9.89 Å². The molecule has 1 aliphatic rings. The number of hydrogen-bond acceptors (Lipinski definition) is 3. The number of guanidine groups is 1. The molecule has 28 heavy (non-hydrogen) atoms. The molecule has 1 unspecified atom stereocenters. The third-order valence-corrected chi connectivity index (χ3v) is 5.25. The van der Waals surface area contributed by atoms with Crippen LogP contribution in [0, 0.1) is 0 Å². The summed E-state index contributed by atoms with van der Waals surface area (Å²) in [6, 6.07) is 8.99. The topological polar surface area (TPSA) is 64.7 Å². The van der Waals surface area contributed by atoms with Crippen molar-refractivity contribution in [2.75, 3.05) is 46.4 Å². The SMILES string of the molecule is CCNC(=NCC1CCCN1CCOC)NCCc1c[nH]c2ccccc12.I. The number of benzene rings is 1. The number of likely N-dealkylation sites (tertiary alicyclic amines) is 1. The third kappa shape index (κ3) is 6.35. The van der Waals surface area contributed by atoms with Crippen molar-refractivity contribution in [3.05, 3.63) is 36.0 Å². The first-order chi connectivity index (χ1) is 13.3. The number of halogens is 1. The van der Waals surface area contributed by atoms with E-state index in [1.165, 1.54) is 29.3 Å². The van der Waals surface area contributed by atoms with E-state index in [0.717, 1.165) is 51.7 Å². The summed E-state index contributed by atoms with van der Waals surface area (Å²) in [5, 5.41) is 8.16. The molecule has 7 heteroatoms. The van der Waals surface area contributed by atoms with Crippen molar-refractivity contribution in [1.29, 1.82) is 0 Å². The summed E-state index contributed by atoms with van der Waals surface area (Å²) in [6.07, 6.45) is 5.57. The molecule has 0 radical (unpaired) electrons. The summed E-state index contributed by atoms with van der Waals surface area (Å²) in [5.74, 6) is 0.913. The number of nitrogens with one attached hydrogen (secondary N) is 3. The van der Waals surface area contributed by atoms with Crippen LogP contribution in [-0.2, 0) is 11.2 Å². The number of aromatic amines is 1. The number of aliphatic imine (C=N–C) groups is 1. The lowest BCUT2D eigenvalue weighted by molar-refractivity contribution is 0.142. The predicted molar refractivity (Wildman–Crippen MR) is 128 cm³/mol. The summed E-state index contributed by atoms with van der Waals surface area (Å²) in [5.41, 5.74) is 2.54. The predicted octanol–water partition coefficient (Wildman–Crippen LogP) is 2.99. The maximum Gasteiger partial charge on any atom is 0.191 e. The lowest BCUT2D eigenvalue weighted by Gasteiger charge is -2.23. The lowest BCUT2D eigenvalue weighted by Crippen LogP contribution is -2.40. The number of fused-ring (bicyclic) bond motifs is 1. The van der Waals surface area contributed by atoms with Gasteiger partial charge in [-0.05, 0) is 44.4 Å². The van der Waals surface area contributed by atoms with Gasteiger partial charge in [-0.2, -0.15) is 0 Å². The Kier molecular flexibility index (Phi) is 10.1. The molecule has 156 valence electrons. The molecule has 3 rings (SSSR count). The van der Waals surface area contributed by atoms with Crippen LogP contribution in [0.3, 0.4) is 0 Å². The molecule has 1 atom stereocenters. The average Bonchev–Trinajstić information content (AvgIpc) is 3.31. The van der Waals surface area contributed by atoms with Gasteiger partial charge in [-0.15, -0.1) is 24.0 Å². The Morgan fingerprint density at radius 1 is 1.32 bits per heavy atom. The van der Waals surface area contributed by atoms with Crippen LogP contribution < -0.4 is 10.6 Å². The van der Waals surface area contributed by atoms with Gasteiger partial charge >= 0.3 is 0 Å². The van der Waals surface area contributed by atoms with Gasteiger partial charge in [0.15, 0.2) is 5.96 Å². The minimum absolute atomic E-state index is 0. The summed E-state index contributed by atoms with van der Waals surface area (Å²) < 4.78 is 5.23. The van der Waals surface area contributed by atoms with E-state index in [1.807, 2.05) is 0 Å². The van der Waals surface area contributed by atoms with E-state index < -0.39 is 0 Å². The van der Waals surface area contributed by atoms with Crippen molar-refractivity contribution < 1.29 is 4.74 Å². The van der Waals surface area contributed by atoms with Crippen molar-refractivity contribution >= 4 is 40.8 Å². The number of aromatic nitrogens is 1. The molecule has 0 amide bonds. The molecule has 0 bridgehead atoms. The summed E-state index contributed by atoms with van der Waals surface area (Å²) >= 11 is 0. The van der Waals surface area contributed by atoms with Gasteiger partial charge in [0.1, 0.15) is 0 Å². The van der Waals surface area contributed by atoms with Crippen LogP contribution >= 0.6 is 24.0 Å². The highest BCUT2D eigenvalue weighted by molar-refractivity contribution is 14.0. The molecule has 0 spiro atoms. The van der Waals surface area contributed by atoms with Crippen molar-refractivity contribution in [3.8, 4) is 0 Å². The zero-order valence-corrected chi connectivity index (χ0v) is 19.4. The van der Waals surface area contributed by atoms with Gasteiger partial charge in [0.05, 0.1) is 13.2 Å². The second-order valence-electron chi connectivity index (χ2n) is 7.08. The smallest absolute Gasteiger partial charge is 0.191 e. The van der Waals surface area contributed by atoms with Crippen LogP contribution in [-0.4, -0.2) is 68.3 Å². The van der Waals surface area contributed by atoms with Crippen LogP contribution in [0.5, 0.6) is 0 Å². The molecule has 0 saturated carbocycles. The van der Waals surface area contributed by atoms with E-state index in [9.17, 15) is 0 Å². The van der Waals surface area contributed by atoms with Crippen LogP contribution in [0.1, 0.15) is 25.3 Å². The van der Waals surface area contributed by atoms with Gasteiger partial charge in [0, 0.05) is 49.9 Å². The normalized spacial score (nSPS) is 17.6. The molecule has 1 aromatic carbocycles. The average molecular weight is 499 g/mol. The molecule has 6 nitrogen and oxygen atoms in total. The quantitative estimate of drug-likeness (QED) is 0.282. The Labute approximate surface area is 185 Å². The molecule has 0 aliphatic carbocycles. The number of para-hydroxylation sites is 1. The number of rotatable bonds is 9. The zero-order valence-electron chi connectivity index (χ0n) is 17.0. The standard InChI is InChI=1S/C21H33N5O.HI/c1-3-22-21(25-16-18-7-6-12-26(18)13-14-27-2)23-11-10-17-15-24-20-9-5-4-8-19(17)20;/h4-5,8-9,15,18,24H,3,6-7,10-14,16H2,1-2H3,(H2,22,23,25);1H. The number of nitrogens with zero attached hydrogens (tertiary/aromatic N) is 2. The van der Waals surface area contributed by atoms with Crippen LogP contribution in [0.25, 0.3) is 10.9 Å². The Hall–Kier alpha value is -1.32. The third-order valence-electron chi connectivity index (χ3n) is 5.25. The number of methoxy groups -OCH3 is 1. The van der Waals surface area contributed by atoms with E-state index in [4.69, 9.17) is 9.73 Å². The minimum Gasteiger partial charge on any atom is -0.383 e. The highest BCUT2D eigenvalue weighted by Crippen LogP contribution is 2.18. The number of hydrogen-bond donors (Lipinski definition) is 3. The first-order valence-electron chi connectivity index (χ1n) is 10.1. The van der Waals surface area contributed by atoms with E-state index in [0.29, 0.717) is 6.04 Å². The molecule has 1 saturated heterocycles. The summed E-state index contributed by atoms with van der Waals surface area (Å²) in [6.45, 7) is 7.64. The van der Waals surface area contributed by atoms with Crippen molar-refractivity contribution in [2.45, 2.75) is 32.2 Å². The highest BCUT2D eigenvalue weighted by atomic mass is 127. The first-order valence-corrected chi connectivity index (χ1v) is 10.1. The van der Waals surface area contributed by atoms with E-state index >= 15 is 0 Å². The van der Waals surface area contributed by atoms with Crippen LogP contribution in [0.2, 0.25) is 0 Å². The molecule has 3 N–H and O–H groups in total. The zero-order chi connectivity index (χ0) is 18.9. The molecule has 2 heterocycles. The van der Waals surface area contributed by atoms with Crippen molar-refractivity contribution in [3.63, 3.8) is 0 Å². The molecule has 1 aromatic heterocycles. The number of ether oxygens (including phenoxy) is 1. The largest absolute Gasteiger partial charge is 0.383 e. The summed E-state index contributed by atoms with van der Waals surface area (Å²) in [7, 11) is 1.77. The first kappa shape index (κ1) is 23.0. The maximum atomic E-state index is 5.23. The Morgan fingerprint density at radius 3 is 3.00 bits per heavy atom. The van der Waals surface area contributed by atoms with E-state index in [-0.39, 0.29) is 24.0 Å². The fourth-order valence-corrected chi connectivity index (χ4v) is 3.80. The van der Waals surface area contributed by atoms with Gasteiger partial charge in [0.2, 0.25) is 0 Å². The molecular weight excluding hydrogens is 465 g/mol. The van der Waals surface area contributed by atoms with Gasteiger partial charge in [-0.25, -0.2) is 0 Å². The second kappa shape index (κ2) is 12.3. The van der Waals surface area contributed by atoms with Crippen molar-refractivity contribution in [2.24, 2.45) is 4.99 Å². The fraction of sp³-hybridized carbons (Fsp3) is 0.571. The molecule has 2 aromatic rings.